The van der Waals surface area contributed by atoms with E-state index in [1.807, 2.05) is 0 Å². The number of hydrogen-bond donors (Lipinski definition) is 0. The average molecular weight is 677 g/mol. The molecule has 11 rings (SSSR count). The van der Waals surface area contributed by atoms with Gasteiger partial charge in [-0.25, -0.2) is 9.97 Å². The summed E-state index contributed by atoms with van der Waals surface area (Å²) in [6, 6.07) is 58.6. The van der Waals surface area contributed by atoms with E-state index in [9.17, 15) is 0 Å². The Labute approximate surface area is 306 Å². The van der Waals surface area contributed by atoms with Gasteiger partial charge in [0, 0.05) is 35.0 Å². The fourth-order valence-corrected chi connectivity index (χ4v) is 8.29. The second-order valence-corrected chi connectivity index (χ2v) is 13.8. The predicted molar refractivity (Wildman–Crippen MR) is 221 cm³/mol. The quantitative estimate of drug-likeness (QED) is 0.186. The number of rotatable bonds is 4. The van der Waals surface area contributed by atoms with Crippen molar-refractivity contribution >= 4 is 66.2 Å². The number of benzene rings is 8. The molecule has 10 aromatic rings. The highest BCUT2D eigenvalue weighted by molar-refractivity contribution is 6.21. The van der Waals surface area contributed by atoms with Crippen molar-refractivity contribution in [1.82, 2.24) is 19.1 Å². The molecule has 0 fully saturated rings. The molecule has 0 aliphatic carbocycles. The summed E-state index contributed by atoms with van der Waals surface area (Å²) in [5.41, 5.74) is 10.9. The number of imidazole rings is 2. The first kappa shape index (κ1) is 29.7. The average Bonchev–Trinajstić information content (AvgIpc) is 3.70. The zero-order chi connectivity index (χ0) is 34.9. The summed E-state index contributed by atoms with van der Waals surface area (Å²) in [4.78, 5) is 10.8. The molecule has 0 saturated carbocycles. The zero-order valence-corrected chi connectivity index (χ0v) is 28.8. The molecular formula is C49H32N4. The van der Waals surface area contributed by atoms with E-state index >= 15 is 0 Å². The van der Waals surface area contributed by atoms with Crippen LogP contribution < -0.4 is 0 Å². The van der Waals surface area contributed by atoms with Gasteiger partial charge in [0.1, 0.15) is 11.6 Å². The van der Waals surface area contributed by atoms with Gasteiger partial charge < -0.3 is 4.57 Å². The lowest BCUT2D eigenvalue weighted by atomic mass is 9.89. The lowest BCUT2D eigenvalue weighted by Gasteiger charge is -2.17. The van der Waals surface area contributed by atoms with E-state index in [1.54, 1.807) is 0 Å². The second-order valence-electron chi connectivity index (χ2n) is 13.8. The van der Waals surface area contributed by atoms with Gasteiger partial charge in [0.05, 0.1) is 22.1 Å². The van der Waals surface area contributed by atoms with Gasteiger partial charge in [-0.15, -0.1) is 0 Å². The van der Waals surface area contributed by atoms with Crippen molar-refractivity contribution < 1.29 is 0 Å². The molecule has 0 atom stereocenters. The molecule has 0 radical (unpaired) electrons. The molecule has 3 heterocycles. The van der Waals surface area contributed by atoms with E-state index in [-0.39, 0.29) is 0 Å². The van der Waals surface area contributed by atoms with Crippen molar-refractivity contribution in [1.29, 1.82) is 0 Å². The van der Waals surface area contributed by atoms with Gasteiger partial charge in [0.2, 0.25) is 0 Å². The van der Waals surface area contributed by atoms with Crippen molar-refractivity contribution in [3.8, 4) is 27.9 Å². The highest BCUT2D eigenvalue weighted by Gasteiger charge is 2.25. The molecule has 0 N–H and O–H groups in total. The van der Waals surface area contributed by atoms with E-state index in [1.165, 1.54) is 43.4 Å². The molecule has 4 heteroatoms. The monoisotopic (exact) mass is 676 g/mol. The van der Waals surface area contributed by atoms with Crippen LogP contribution in [0.4, 0.5) is 0 Å². The van der Waals surface area contributed by atoms with Crippen LogP contribution in [0.2, 0.25) is 0 Å². The van der Waals surface area contributed by atoms with Crippen LogP contribution in [0.15, 0.2) is 176 Å². The van der Waals surface area contributed by atoms with Crippen molar-refractivity contribution in [3.05, 3.63) is 188 Å². The van der Waals surface area contributed by atoms with Gasteiger partial charge >= 0.3 is 0 Å². The summed E-state index contributed by atoms with van der Waals surface area (Å²) in [6.45, 7) is 0. The van der Waals surface area contributed by atoms with Gasteiger partial charge in [-0.3, -0.25) is 4.57 Å². The third-order valence-corrected chi connectivity index (χ3v) is 10.7. The van der Waals surface area contributed by atoms with Crippen LogP contribution in [0.3, 0.4) is 0 Å². The molecule has 0 saturated heterocycles. The minimum Gasteiger partial charge on any atom is -0.301 e. The van der Waals surface area contributed by atoms with Crippen molar-refractivity contribution in [2.24, 2.45) is 0 Å². The molecule has 248 valence electrons. The first-order valence-corrected chi connectivity index (χ1v) is 18.1. The lowest BCUT2D eigenvalue weighted by molar-refractivity contribution is 0.995. The molecule has 0 bridgehead atoms. The molecule has 0 unspecified atom stereocenters. The lowest BCUT2D eigenvalue weighted by Crippen LogP contribution is -2.01. The van der Waals surface area contributed by atoms with Crippen LogP contribution in [0.5, 0.6) is 0 Å². The SMILES string of the molecule is C1=CC(c2nc3ccccc3n2-c2ccccc2)=Cn2c(nc3c(-c4ccc5ccccc5c4)c4ccccc4c(-c4ccc5ccccc5c4)c32)C1. The standard InChI is InChI=1S/C49H32N4/c1-2-18-39(19-3-1)53-43-23-11-10-22-42(43)50-49(53)38-17-12-24-44-51-47-45(36-27-25-32-13-4-6-15-34(32)29-36)40-20-8-9-21-41(40)46(48(47)52(44)31-38)37-28-26-33-14-5-7-16-35(33)30-37/h1-23,25-31H,24H2. The highest BCUT2D eigenvalue weighted by Crippen LogP contribution is 2.45. The Kier molecular flexibility index (Phi) is 6.58. The number of allylic oxidation sites excluding steroid dienone is 3. The molecule has 0 spiro atoms. The van der Waals surface area contributed by atoms with Crippen molar-refractivity contribution in [3.63, 3.8) is 0 Å². The van der Waals surface area contributed by atoms with Crippen LogP contribution in [-0.2, 0) is 6.42 Å². The van der Waals surface area contributed by atoms with Gasteiger partial charge in [0.25, 0.3) is 0 Å². The Morgan fingerprint density at radius 2 is 1.11 bits per heavy atom. The maximum Gasteiger partial charge on any atom is 0.147 e. The fourth-order valence-electron chi connectivity index (χ4n) is 8.29. The molecule has 0 amide bonds. The molecule has 2 aromatic heterocycles. The van der Waals surface area contributed by atoms with Gasteiger partial charge in [0.15, 0.2) is 0 Å². The Morgan fingerprint density at radius 3 is 1.85 bits per heavy atom. The van der Waals surface area contributed by atoms with Gasteiger partial charge in [-0.2, -0.15) is 0 Å². The Balaban J connectivity index is 1.26. The van der Waals surface area contributed by atoms with E-state index < -0.39 is 0 Å². The minimum atomic E-state index is 0.685. The second kappa shape index (κ2) is 11.8. The summed E-state index contributed by atoms with van der Waals surface area (Å²) < 4.78 is 4.62. The first-order chi connectivity index (χ1) is 26.3. The number of hydrogen-bond acceptors (Lipinski definition) is 2. The first-order valence-electron chi connectivity index (χ1n) is 18.1. The number of nitrogens with zero attached hydrogens (tertiary/aromatic N) is 4. The Bertz CT molecular complexity index is 3140. The van der Waals surface area contributed by atoms with E-state index in [0.29, 0.717) is 6.42 Å². The third kappa shape index (κ3) is 4.69. The summed E-state index contributed by atoms with van der Waals surface area (Å²) >= 11 is 0. The summed E-state index contributed by atoms with van der Waals surface area (Å²) in [6.07, 6.45) is 7.39. The number of aromatic nitrogens is 4. The van der Waals surface area contributed by atoms with Crippen molar-refractivity contribution in [2.45, 2.75) is 6.42 Å². The van der Waals surface area contributed by atoms with Gasteiger partial charge in [-0.1, -0.05) is 140 Å². The molecule has 8 aromatic carbocycles. The molecular weight excluding hydrogens is 645 g/mol. The maximum absolute atomic E-state index is 5.56. The third-order valence-electron chi connectivity index (χ3n) is 10.7. The van der Waals surface area contributed by atoms with E-state index in [2.05, 4.69) is 191 Å². The van der Waals surface area contributed by atoms with E-state index in [0.717, 1.165) is 56.1 Å². The molecule has 1 aliphatic rings. The molecule has 4 nitrogen and oxygen atoms in total. The Hall–Kier alpha value is -7.04. The van der Waals surface area contributed by atoms with Crippen LogP contribution in [0.1, 0.15) is 11.6 Å². The number of para-hydroxylation sites is 3. The number of fused-ring (bicyclic) bond motifs is 7. The molecule has 53 heavy (non-hydrogen) atoms. The predicted octanol–water partition coefficient (Wildman–Crippen LogP) is 12.3. The van der Waals surface area contributed by atoms with Gasteiger partial charge in [-0.05, 0) is 79.8 Å². The summed E-state index contributed by atoms with van der Waals surface area (Å²) in [7, 11) is 0. The van der Waals surface area contributed by atoms with Crippen molar-refractivity contribution in [2.75, 3.05) is 0 Å². The summed E-state index contributed by atoms with van der Waals surface area (Å²) in [5.74, 6) is 1.89. The topological polar surface area (TPSA) is 35.6 Å². The fraction of sp³-hybridized carbons (Fsp3) is 0.0204. The Morgan fingerprint density at radius 1 is 0.509 bits per heavy atom. The van der Waals surface area contributed by atoms with E-state index in [4.69, 9.17) is 9.97 Å². The normalized spacial score (nSPS) is 12.9. The summed E-state index contributed by atoms with van der Waals surface area (Å²) in [5, 5.41) is 7.27. The zero-order valence-electron chi connectivity index (χ0n) is 28.8. The molecule has 1 aliphatic heterocycles. The minimum absolute atomic E-state index is 0.685. The smallest absolute Gasteiger partial charge is 0.147 e. The maximum atomic E-state index is 5.56. The van der Waals surface area contributed by atoms with Crippen LogP contribution in [0, 0.1) is 0 Å². The van der Waals surface area contributed by atoms with Crippen LogP contribution in [0.25, 0.3) is 94.1 Å². The van der Waals surface area contributed by atoms with Crippen LogP contribution in [-0.4, -0.2) is 19.1 Å². The van der Waals surface area contributed by atoms with Crippen LogP contribution >= 0.6 is 0 Å². The highest BCUT2D eigenvalue weighted by atomic mass is 15.1. The largest absolute Gasteiger partial charge is 0.301 e.